The maximum Gasteiger partial charge on any atom is 0.417 e. The molecule has 0 unspecified atom stereocenters. The molecule has 0 fully saturated rings. The fourth-order valence-electron chi connectivity index (χ4n) is 3.42. The number of aromatic amines is 1. The van der Waals surface area contributed by atoms with Gasteiger partial charge in [-0.1, -0.05) is 17.7 Å². The number of hydrogen-bond donors (Lipinski definition) is 4. The predicted molar refractivity (Wildman–Crippen MR) is 123 cm³/mol. The SMILES string of the molecule is CNC(=O)c1nccc2c1[nH]c1cc(S(=O)(=O)NC(=O)Nc3ccc(Cl)c(C(F)(F)F)c3)ccc12. The van der Waals surface area contributed by atoms with Crippen LogP contribution in [0.4, 0.5) is 23.7 Å². The Hall–Kier alpha value is -3.84. The van der Waals surface area contributed by atoms with Crippen LogP contribution in [0.2, 0.25) is 5.02 Å². The minimum Gasteiger partial charge on any atom is -0.354 e. The van der Waals surface area contributed by atoms with Crippen LogP contribution in [0.1, 0.15) is 16.1 Å². The van der Waals surface area contributed by atoms with Crippen molar-refractivity contribution in [2.75, 3.05) is 12.4 Å². The predicted octanol–water partition coefficient (Wildman–Crippen LogP) is 4.26. The average Bonchev–Trinajstić information content (AvgIpc) is 3.16. The normalized spacial score (nSPS) is 12.0. The molecule has 4 rings (SSSR count). The van der Waals surface area contributed by atoms with Gasteiger partial charge in [-0.05, 0) is 36.4 Å². The van der Waals surface area contributed by atoms with Crippen molar-refractivity contribution in [2.24, 2.45) is 0 Å². The molecule has 0 aliphatic heterocycles. The molecule has 0 atom stereocenters. The second kappa shape index (κ2) is 8.74. The Labute approximate surface area is 200 Å². The van der Waals surface area contributed by atoms with E-state index in [1.54, 1.807) is 10.8 Å². The van der Waals surface area contributed by atoms with Gasteiger partial charge in [0.15, 0.2) is 5.69 Å². The van der Waals surface area contributed by atoms with Gasteiger partial charge in [0.2, 0.25) is 0 Å². The van der Waals surface area contributed by atoms with Crippen molar-refractivity contribution in [1.82, 2.24) is 20.0 Å². The van der Waals surface area contributed by atoms with E-state index in [4.69, 9.17) is 11.6 Å². The zero-order valence-corrected chi connectivity index (χ0v) is 19.2. The summed E-state index contributed by atoms with van der Waals surface area (Å²) in [5, 5.41) is 5.18. The Morgan fingerprint density at radius 3 is 2.49 bits per heavy atom. The molecule has 35 heavy (non-hydrogen) atoms. The molecule has 2 aromatic heterocycles. The molecule has 0 bridgehead atoms. The Morgan fingerprint density at radius 1 is 1.06 bits per heavy atom. The van der Waals surface area contributed by atoms with Crippen LogP contribution < -0.4 is 15.4 Å². The van der Waals surface area contributed by atoms with Crippen molar-refractivity contribution in [3.63, 3.8) is 0 Å². The number of halogens is 4. The topological polar surface area (TPSA) is 133 Å². The van der Waals surface area contributed by atoms with Crippen LogP contribution in [0.25, 0.3) is 21.8 Å². The van der Waals surface area contributed by atoms with Crippen molar-refractivity contribution < 1.29 is 31.2 Å². The highest BCUT2D eigenvalue weighted by Gasteiger charge is 2.33. The molecule has 2 heterocycles. The minimum absolute atomic E-state index is 0.115. The lowest BCUT2D eigenvalue weighted by Crippen LogP contribution is -2.34. The van der Waals surface area contributed by atoms with E-state index in [2.05, 4.69) is 15.3 Å². The van der Waals surface area contributed by atoms with Crippen molar-refractivity contribution in [2.45, 2.75) is 11.1 Å². The molecule has 2 aromatic carbocycles. The number of rotatable bonds is 4. The number of benzene rings is 2. The Kier molecular flexibility index (Phi) is 6.07. The zero-order chi connectivity index (χ0) is 25.5. The molecule has 0 saturated heterocycles. The summed E-state index contributed by atoms with van der Waals surface area (Å²) in [6.07, 6.45) is -3.32. The van der Waals surface area contributed by atoms with Crippen LogP contribution in [0.15, 0.2) is 53.6 Å². The molecule has 0 saturated carbocycles. The number of anilines is 1. The number of alkyl halides is 3. The van der Waals surface area contributed by atoms with Gasteiger partial charge in [0.25, 0.3) is 15.9 Å². The highest BCUT2D eigenvalue weighted by Crippen LogP contribution is 2.36. The number of sulfonamides is 1. The van der Waals surface area contributed by atoms with Crippen LogP contribution in [-0.2, 0) is 16.2 Å². The van der Waals surface area contributed by atoms with E-state index in [0.29, 0.717) is 27.9 Å². The highest BCUT2D eigenvalue weighted by atomic mass is 35.5. The van der Waals surface area contributed by atoms with Gasteiger partial charge in [-0.2, -0.15) is 13.2 Å². The average molecular weight is 526 g/mol. The lowest BCUT2D eigenvalue weighted by molar-refractivity contribution is -0.137. The van der Waals surface area contributed by atoms with Gasteiger partial charge in [0, 0.05) is 35.2 Å². The Morgan fingerprint density at radius 2 is 1.80 bits per heavy atom. The largest absolute Gasteiger partial charge is 0.417 e. The van der Waals surface area contributed by atoms with E-state index in [-0.39, 0.29) is 16.3 Å². The number of hydrogen-bond acceptors (Lipinski definition) is 5. The number of nitrogens with zero attached hydrogens (tertiary/aromatic N) is 1. The van der Waals surface area contributed by atoms with Crippen LogP contribution in [-0.4, -0.2) is 37.4 Å². The lowest BCUT2D eigenvalue weighted by Gasteiger charge is -2.12. The molecule has 4 N–H and O–H groups in total. The first kappa shape index (κ1) is 24.3. The third-order valence-corrected chi connectivity index (χ3v) is 6.66. The van der Waals surface area contributed by atoms with E-state index in [1.165, 1.54) is 31.4 Å². The van der Waals surface area contributed by atoms with Gasteiger partial charge in [-0.3, -0.25) is 4.79 Å². The third-order valence-electron chi connectivity index (χ3n) is 5.00. The second-order valence-electron chi connectivity index (χ2n) is 7.25. The summed E-state index contributed by atoms with van der Waals surface area (Å²) in [5.41, 5.74) is -0.631. The first-order chi connectivity index (χ1) is 16.4. The molecule has 0 radical (unpaired) electrons. The van der Waals surface area contributed by atoms with E-state index >= 15 is 0 Å². The van der Waals surface area contributed by atoms with E-state index in [1.807, 2.05) is 5.32 Å². The van der Waals surface area contributed by atoms with Gasteiger partial charge >= 0.3 is 12.2 Å². The van der Waals surface area contributed by atoms with Crippen molar-refractivity contribution in [3.05, 3.63) is 64.9 Å². The number of pyridine rings is 1. The summed E-state index contributed by atoms with van der Waals surface area (Å²) in [4.78, 5) is 31.0. The first-order valence-electron chi connectivity index (χ1n) is 9.74. The molecule has 14 heteroatoms. The number of carbonyl (C=O) groups is 2. The summed E-state index contributed by atoms with van der Waals surface area (Å²) in [5.74, 6) is -0.441. The summed E-state index contributed by atoms with van der Waals surface area (Å²) >= 11 is 5.54. The number of nitrogens with one attached hydrogen (secondary N) is 4. The Balaban J connectivity index is 1.61. The second-order valence-corrected chi connectivity index (χ2v) is 9.34. The molecule has 0 aliphatic rings. The molecular weight excluding hydrogens is 511 g/mol. The van der Waals surface area contributed by atoms with Gasteiger partial charge in [0.1, 0.15) is 0 Å². The summed E-state index contributed by atoms with van der Waals surface area (Å²) in [7, 11) is -2.97. The van der Waals surface area contributed by atoms with Crippen LogP contribution in [0.3, 0.4) is 0 Å². The Bertz CT molecular complexity index is 1600. The quantitative estimate of drug-likeness (QED) is 0.316. The standard InChI is InChI=1S/C21H15ClF3N5O4S/c1-26-19(31)18-17-13(6-7-27-18)12-4-3-11(9-16(12)29-17)35(33,34)30-20(32)28-10-2-5-15(22)14(8-10)21(23,24)25/h2-9,29H,1H3,(H,26,31)(H2,28,30,32). The van der Waals surface area contributed by atoms with Crippen LogP contribution in [0.5, 0.6) is 0 Å². The number of fused-ring (bicyclic) bond motifs is 3. The van der Waals surface area contributed by atoms with Crippen LogP contribution >= 0.6 is 11.6 Å². The molecular formula is C21H15ClF3N5O4S. The minimum atomic E-state index is -4.76. The summed E-state index contributed by atoms with van der Waals surface area (Å²) in [6.45, 7) is 0. The van der Waals surface area contributed by atoms with E-state index in [0.717, 1.165) is 12.1 Å². The zero-order valence-electron chi connectivity index (χ0n) is 17.6. The molecule has 182 valence electrons. The highest BCUT2D eigenvalue weighted by molar-refractivity contribution is 7.90. The van der Waals surface area contributed by atoms with Crippen LogP contribution in [0, 0.1) is 0 Å². The van der Waals surface area contributed by atoms with E-state index < -0.39 is 38.7 Å². The molecule has 4 aromatic rings. The number of urea groups is 1. The van der Waals surface area contributed by atoms with Gasteiger partial charge in [-0.25, -0.2) is 22.9 Å². The van der Waals surface area contributed by atoms with Crippen molar-refractivity contribution in [1.29, 1.82) is 0 Å². The van der Waals surface area contributed by atoms with Crippen molar-refractivity contribution >= 4 is 61.1 Å². The number of amides is 3. The van der Waals surface area contributed by atoms with Crippen molar-refractivity contribution in [3.8, 4) is 0 Å². The maximum absolute atomic E-state index is 13.0. The molecule has 0 aliphatic carbocycles. The molecule has 3 amide bonds. The number of aromatic nitrogens is 2. The molecule has 0 spiro atoms. The smallest absolute Gasteiger partial charge is 0.354 e. The summed E-state index contributed by atoms with van der Waals surface area (Å²) in [6, 6.07) is 6.98. The fraction of sp³-hybridized carbons (Fsp3) is 0.0952. The fourth-order valence-corrected chi connectivity index (χ4v) is 4.58. The van der Waals surface area contributed by atoms with Gasteiger partial charge < -0.3 is 15.6 Å². The maximum atomic E-state index is 13.0. The lowest BCUT2D eigenvalue weighted by atomic mass is 10.1. The third kappa shape index (κ3) is 4.72. The number of H-pyrrole nitrogens is 1. The van der Waals surface area contributed by atoms with Gasteiger partial charge in [-0.15, -0.1) is 0 Å². The number of carbonyl (C=O) groups excluding carboxylic acids is 2. The van der Waals surface area contributed by atoms with Gasteiger partial charge in [0.05, 0.1) is 21.0 Å². The molecule has 9 nitrogen and oxygen atoms in total. The summed E-state index contributed by atoms with van der Waals surface area (Å²) < 4.78 is 66.3. The first-order valence-corrected chi connectivity index (χ1v) is 11.6. The monoisotopic (exact) mass is 525 g/mol. The van der Waals surface area contributed by atoms with E-state index in [9.17, 15) is 31.2 Å².